The van der Waals surface area contributed by atoms with Crippen molar-refractivity contribution in [2.75, 3.05) is 7.11 Å². The molecule has 2 N–H and O–H groups in total. The first-order valence-corrected chi connectivity index (χ1v) is 11.3. The molecule has 0 unspecified atom stereocenters. The Morgan fingerprint density at radius 1 is 1.29 bits per heavy atom. The van der Waals surface area contributed by atoms with E-state index >= 15 is 0 Å². The van der Waals surface area contributed by atoms with Crippen LogP contribution in [0.4, 0.5) is 4.79 Å². The number of nitrogens with zero attached hydrogens (tertiary/aromatic N) is 2. The van der Waals surface area contributed by atoms with Crippen LogP contribution in [0.5, 0.6) is 11.5 Å². The summed E-state index contributed by atoms with van der Waals surface area (Å²) in [6.45, 7) is 0.256. The summed E-state index contributed by atoms with van der Waals surface area (Å²) in [6, 6.07) is 13.1. The molecule has 31 heavy (non-hydrogen) atoms. The fraction of sp³-hybridized carbons (Fsp3) is 0.348. The number of hydrogen-bond donors (Lipinski definition) is 2. The standard InChI is InChI=1S/C23H25IN4O3/c1-30-21-12-16(14-26-28-23(29)27-19-9-3-2-4-10-19)11-20(24)22(21)31-15-18-8-6-5-7-17(18)13-25/h5-8,11-12,14,19H,2-4,9-10,15H2,1H3,(H2,27,28,29)/b26-14-. The highest BCUT2D eigenvalue weighted by Crippen LogP contribution is 2.34. The fourth-order valence-corrected chi connectivity index (χ4v) is 4.27. The lowest BCUT2D eigenvalue weighted by molar-refractivity contribution is 0.233. The van der Waals surface area contributed by atoms with E-state index in [1.165, 1.54) is 6.42 Å². The van der Waals surface area contributed by atoms with Gasteiger partial charge in [-0.3, -0.25) is 0 Å². The number of methoxy groups -OCH3 is 1. The number of urea groups is 1. The predicted octanol–water partition coefficient (Wildman–Crippen LogP) is 4.72. The number of carbonyl (C=O) groups is 1. The second-order valence-electron chi connectivity index (χ2n) is 7.27. The molecule has 0 spiro atoms. The Labute approximate surface area is 196 Å². The van der Waals surface area contributed by atoms with E-state index in [0.29, 0.717) is 17.1 Å². The van der Waals surface area contributed by atoms with Crippen molar-refractivity contribution in [2.45, 2.75) is 44.8 Å². The van der Waals surface area contributed by atoms with E-state index in [9.17, 15) is 10.1 Å². The van der Waals surface area contributed by atoms with Gasteiger partial charge in [-0.1, -0.05) is 37.5 Å². The SMILES string of the molecule is COc1cc(/C=N\NC(=O)NC2CCCCC2)cc(I)c1OCc1ccccc1C#N. The van der Waals surface area contributed by atoms with Crippen molar-refractivity contribution < 1.29 is 14.3 Å². The molecule has 1 aliphatic rings. The zero-order valence-electron chi connectivity index (χ0n) is 17.4. The van der Waals surface area contributed by atoms with Crippen LogP contribution in [0.25, 0.3) is 0 Å². The first-order valence-electron chi connectivity index (χ1n) is 10.2. The molecular formula is C23H25IN4O3. The molecule has 2 aromatic rings. The summed E-state index contributed by atoms with van der Waals surface area (Å²) in [5.74, 6) is 1.14. The van der Waals surface area contributed by atoms with Gasteiger partial charge in [0.15, 0.2) is 11.5 Å². The average Bonchev–Trinajstić information content (AvgIpc) is 2.79. The third kappa shape index (κ3) is 6.59. The molecule has 162 valence electrons. The maximum absolute atomic E-state index is 12.0. The van der Waals surface area contributed by atoms with E-state index in [-0.39, 0.29) is 18.7 Å². The van der Waals surface area contributed by atoms with Gasteiger partial charge in [0.1, 0.15) is 6.61 Å². The zero-order valence-corrected chi connectivity index (χ0v) is 19.5. The monoisotopic (exact) mass is 532 g/mol. The number of amides is 2. The Bertz CT molecular complexity index is 981. The Morgan fingerprint density at radius 3 is 2.81 bits per heavy atom. The quantitative estimate of drug-likeness (QED) is 0.307. The fourth-order valence-electron chi connectivity index (χ4n) is 3.49. The normalized spacial score (nSPS) is 14.1. The van der Waals surface area contributed by atoms with E-state index in [0.717, 1.165) is 40.4 Å². The lowest BCUT2D eigenvalue weighted by Crippen LogP contribution is -2.41. The highest BCUT2D eigenvalue weighted by Gasteiger charge is 2.15. The second-order valence-corrected chi connectivity index (χ2v) is 8.43. The predicted molar refractivity (Wildman–Crippen MR) is 127 cm³/mol. The van der Waals surface area contributed by atoms with Crippen LogP contribution in [-0.4, -0.2) is 25.4 Å². The molecule has 0 atom stereocenters. The molecule has 8 heteroatoms. The van der Waals surface area contributed by atoms with Gasteiger partial charge in [0.25, 0.3) is 0 Å². The minimum atomic E-state index is -0.291. The van der Waals surface area contributed by atoms with Crippen molar-refractivity contribution in [3.8, 4) is 17.6 Å². The van der Waals surface area contributed by atoms with Crippen LogP contribution in [0.15, 0.2) is 41.5 Å². The number of hydrogen-bond acceptors (Lipinski definition) is 5. The van der Waals surface area contributed by atoms with Crippen LogP contribution in [-0.2, 0) is 6.61 Å². The lowest BCUT2D eigenvalue weighted by atomic mass is 9.96. The van der Waals surface area contributed by atoms with Crippen LogP contribution >= 0.6 is 22.6 Å². The Morgan fingerprint density at radius 2 is 2.06 bits per heavy atom. The zero-order chi connectivity index (χ0) is 22.1. The summed E-state index contributed by atoms with van der Waals surface area (Å²) in [5, 5.41) is 16.2. The van der Waals surface area contributed by atoms with Crippen LogP contribution in [0.2, 0.25) is 0 Å². The van der Waals surface area contributed by atoms with Crippen LogP contribution < -0.4 is 20.2 Å². The molecule has 0 aliphatic heterocycles. The molecule has 1 saturated carbocycles. The lowest BCUT2D eigenvalue weighted by Gasteiger charge is -2.22. The molecule has 2 aromatic carbocycles. The highest BCUT2D eigenvalue weighted by atomic mass is 127. The van der Waals surface area contributed by atoms with Gasteiger partial charge in [0, 0.05) is 11.6 Å². The summed E-state index contributed by atoms with van der Waals surface area (Å²) in [4.78, 5) is 12.0. The van der Waals surface area contributed by atoms with E-state index in [2.05, 4.69) is 44.5 Å². The van der Waals surface area contributed by atoms with Crippen molar-refractivity contribution in [2.24, 2.45) is 5.10 Å². The molecule has 0 bridgehead atoms. The minimum Gasteiger partial charge on any atom is -0.493 e. The summed E-state index contributed by atoms with van der Waals surface area (Å²) in [6.07, 6.45) is 7.16. The number of hydrazone groups is 1. The maximum atomic E-state index is 12.0. The molecule has 0 heterocycles. The van der Waals surface area contributed by atoms with E-state index in [1.54, 1.807) is 25.5 Å². The smallest absolute Gasteiger partial charge is 0.335 e. The molecular weight excluding hydrogens is 507 g/mol. The Hall–Kier alpha value is -2.80. The number of nitrogens with one attached hydrogen (secondary N) is 2. The number of ether oxygens (including phenoxy) is 2. The molecule has 2 amide bonds. The van der Waals surface area contributed by atoms with Gasteiger partial charge < -0.3 is 14.8 Å². The van der Waals surface area contributed by atoms with Crippen LogP contribution in [0.1, 0.15) is 48.8 Å². The topological polar surface area (TPSA) is 95.7 Å². The van der Waals surface area contributed by atoms with E-state index < -0.39 is 0 Å². The summed E-state index contributed by atoms with van der Waals surface area (Å²) in [7, 11) is 1.57. The molecule has 1 aliphatic carbocycles. The van der Waals surface area contributed by atoms with Gasteiger partial charge in [-0.05, 0) is 59.2 Å². The van der Waals surface area contributed by atoms with E-state index in [4.69, 9.17) is 9.47 Å². The van der Waals surface area contributed by atoms with E-state index in [1.807, 2.05) is 24.3 Å². The molecule has 0 radical (unpaired) electrons. The Balaban J connectivity index is 1.62. The van der Waals surface area contributed by atoms with Crippen molar-refractivity contribution in [3.63, 3.8) is 0 Å². The molecule has 3 rings (SSSR count). The molecule has 7 nitrogen and oxygen atoms in total. The van der Waals surface area contributed by atoms with Crippen molar-refractivity contribution >= 4 is 34.8 Å². The number of benzene rings is 2. The van der Waals surface area contributed by atoms with Crippen LogP contribution in [0.3, 0.4) is 0 Å². The maximum Gasteiger partial charge on any atom is 0.335 e. The van der Waals surface area contributed by atoms with Gasteiger partial charge >= 0.3 is 6.03 Å². The minimum absolute atomic E-state index is 0.229. The molecule has 0 aromatic heterocycles. The van der Waals surface area contributed by atoms with Gasteiger partial charge in [-0.2, -0.15) is 10.4 Å². The summed E-state index contributed by atoms with van der Waals surface area (Å²) in [5.41, 5.74) is 4.68. The first-order chi connectivity index (χ1) is 15.1. The largest absolute Gasteiger partial charge is 0.493 e. The second kappa shape index (κ2) is 11.6. The van der Waals surface area contributed by atoms with Crippen molar-refractivity contribution in [1.82, 2.24) is 10.7 Å². The summed E-state index contributed by atoms with van der Waals surface area (Å²) >= 11 is 2.17. The molecule has 0 saturated heterocycles. The number of halogens is 1. The number of nitriles is 1. The molecule has 1 fully saturated rings. The van der Waals surface area contributed by atoms with Crippen molar-refractivity contribution in [1.29, 1.82) is 5.26 Å². The Kier molecular flexibility index (Phi) is 8.53. The van der Waals surface area contributed by atoms with Gasteiger partial charge in [-0.25, -0.2) is 10.2 Å². The third-order valence-electron chi connectivity index (χ3n) is 5.08. The van der Waals surface area contributed by atoms with Gasteiger partial charge in [-0.15, -0.1) is 0 Å². The first kappa shape index (κ1) is 22.9. The highest BCUT2D eigenvalue weighted by molar-refractivity contribution is 14.1. The number of rotatable bonds is 7. The van der Waals surface area contributed by atoms with Crippen LogP contribution in [0, 0.1) is 14.9 Å². The number of carbonyl (C=O) groups excluding carboxylic acids is 1. The summed E-state index contributed by atoms with van der Waals surface area (Å²) < 4.78 is 12.3. The van der Waals surface area contributed by atoms with Gasteiger partial charge in [0.05, 0.1) is 28.5 Å². The average molecular weight is 532 g/mol. The van der Waals surface area contributed by atoms with Crippen molar-refractivity contribution in [3.05, 3.63) is 56.7 Å². The van der Waals surface area contributed by atoms with Gasteiger partial charge in [0.2, 0.25) is 0 Å². The third-order valence-corrected chi connectivity index (χ3v) is 5.88.